The molecule has 1 aliphatic carbocycles. The Labute approximate surface area is 108 Å². The topological polar surface area (TPSA) is 48.7 Å². The number of nitriles is 1. The van der Waals surface area contributed by atoms with E-state index in [1.165, 1.54) is 12.0 Å². The Morgan fingerprint density at radius 3 is 3.17 bits per heavy atom. The molecule has 1 aromatic rings. The van der Waals surface area contributed by atoms with Gasteiger partial charge in [0.2, 0.25) is 0 Å². The molecule has 1 aromatic heterocycles. The second kappa shape index (κ2) is 4.55. The highest BCUT2D eigenvalue weighted by Crippen LogP contribution is 2.35. The van der Waals surface area contributed by atoms with Crippen molar-refractivity contribution in [3.8, 4) is 6.07 Å². The van der Waals surface area contributed by atoms with Gasteiger partial charge in [-0.1, -0.05) is 6.08 Å². The van der Waals surface area contributed by atoms with E-state index >= 15 is 0 Å². The molecule has 2 aliphatic rings. The number of hydrogen-bond donors (Lipinski definition) is 1. The molecule has 3 heteroatoms. The minimum Gasteiger partial charge on any atom is -0.316 e. The summed E-state index contributed by atoms with van der Waals surface area (Å²) < 4.78 is 0. The van der Waals surface area contributed by atoms with E-state index in [9.17, 15) is 0 Å². The zero-order valence-electron chi connectivity index (χ0n) is 10.6. The lowest BCUT2D eigenvalue weighted by molar-refractivity contribution is 0.448. The van der Waals surface area contributed by atoms with E-state index < -0.39 is 0 Å². The van der Waals surface area contributed by atoms with Gasteiger partial charge in [0.15, 0.2) is 0 Å². The van der Waals surface area contributed by atoms with E-state index in [4.69, 9.17) is 5.26 Å². The van der Waals surface area contributed by atoms with Gasteiger partial charge in [0.05, 0.1) is 11.3 Å². The summed E-state index contributed by atoms with van der Waals surface area (Å²) >= 11 is 0. The molecular formula is C15H17N3. The fraction of sp³-hybridized carbons (Fsp3) is 0.467. The van der Waals surface area contributed by atoms with Crippen molar-refractivity contribution >= 4 is 5.57 Å². The van der Waals surface area contributed by atoms with Crippen molar-refractivity contribution in [2.45, 2.75) is 19.8 Å². The fourth-order valence-corrected chi connectivity index (χ4v) is 3.01. The van der Waals surface area contributed by atoms with Crippen molar-refractivity contribution in [1.29, 1.82) is 5.26 Å². The molecule has 0 aromatic carbocycles. The number of fused-ring (bicyclic) bond motifs is 1. The standard InChI is InChI=1S/C15H17N3/c1-10-13(6-16)5-15(9-18-10)11-2-3-12-7-17-8-14(12)4-11/h4-5,9,12,14,17H,2-3,7-8H2,1H3/t12-,14+/m1/s1. The van der Waals surface area contributed by atoms with Gasteiger partial charge in [0, 0.05) is 12.7 Å². The summed E-state index contributed by atoms with van der Waals surface area (Å²) in [5.41, 5.74) is 4.00. The minimum atomic E-state index is 0.667. The Hall–Kier alpha value is -1.66. The highest BCUT2D eigenvalue weighted by Gasteiger charge is 2.29. The van der Waals surface area contributed by atoms with E-state index in [0.29, 0.717) is 11.5 Å². The molecule has 1 saturated heterocycles. The summed E-state index contributed by atoms with van der Waals surface area (Å²) in [6.07, 6.45) is 6.66. The monoisotopic (exact) mass is 239 g/mol. The number of aromatic nitrogens is 1. The quantitative estimate of drug-likeness (QED) is 0.818. The van der Waals surface area contributed by atoms with E-state index in [2.05, 4.69) is 22.4 Å². The summed E-state index contributed by atoms with van der Waals surface area (Å²) in [5, 5.41) is 12.5. The van der Waals surface area contributed by atoms with Gasteiger partial charge in [0.25, 0.3) is 0 Å². The van der Waals surface area contributed by atoms with Crippen molar-refractivity contribution in [3.63, 3.8) is 0 Å². The van der Waals surface area contributed by atoms with Crippen molar-refractivity contribution in [2.75, 3.05) is 13.1 Å². The SMILES string of the molecule is Cc1ncc(C2=C[C@H]3CNC[C@H]3CC2)cc1C#N. The van der Waals surface area contributed by atoms with Crippen molar-refractivity contribution in [2.24, 2.45) is 11.8 Å². The molecule has 92 valence electrons. The minimum absolute atomic E-state index is 0.667. The lowest BCUT2D eigenvalue weighted by atomic mass is 9.81. The number of allylic oxidation sites excluding steroid dienone is 1. The maximum atomic E-state index is 9.07. The molecule has 0 spiro atoms. The van der Waals surface area contributed by atoms with Gasteiger partial charge in [-0.3, -0.25) is 4.98 Å². The summed E-state index contributed by atoms with van der Waals surface area (Å²) in [5.74, 6) is 1.48. The normalized spacial score (nSPS) is 26.3. The Balaban J connectivity index is 1.93. The van der Waals surface area contributed by atoms with Gasteiger partial charge in [0.1, 0.15) is 6.07 Å². The van der Waals surface area contributed by atoms with Crippen molar-refractivity contribution in [3.05, 3.63) is 35.2 Å². The second-order valence-electron chi connectivity index (χ2n) is 5.28. The maximum absolute atomic E-state index is 9.07. The number of hydrogen-bond acceptors (Lipinski definition) is 3. The molecule has 3 nitrogen and oxygen atoms in total. The first-order valence-electron chi connectivity index (χ1n) is 6.56. The largest absolute Gasteiger partial charge is 0.316 e. The Kier molecular flexibility index (Phi) is 2.89. The Bertz CT molecular complexity index is 539. The first-order valence-corrected chi connectivity index (χ1v) is 6.56. The van der Waals surface area contributed by atoms with Crippen LogP contribution in [-0.4, -0.2) is 18.1 Å². The molecule has 0 bridgehead atoms. The fourth-order valence-electron chi connectivity index (χ4n) is 3.01. The Morgan fingerprint density at radius 1 is 1.44 bits per heavy atom. The predicted molar refractivity (Wildman–Crippen MR) is 70.7 cm³/mol. The zero-order valence-corrected chi connectivity index (χ0v) is 10.6. The number of nitrogens with one attached hydrogen (secondary N) is 1. The number of aryl methyl sites for hydroxylation is 1. The molecule has 0 unspecified atom stereocenters. The predicted octanol–water partition coefficient (Wildman–Crippen LogP) is 2.27. The van der Waals surface area contributed by atoms with Crippen LogP contribution in [0.15, 0.2) is 18.3 Å². The second-order valence-corrected chi connectivity index (χ2v) is 5.28. The van der Waals surface area contributed by atoms with E-state index in [0.717, 1.165) is 36.7 Å². The van der Waals surface area contributed by atoms with Crippen LogP contribution in [0.25, 0.3) is 5.57 Å². The third-order valence-corrected chi connectivity index (χ3v) is 4.17. The molecule has 1 N–H and O–H groups in total. The summed E-state index contributed by atoms with van der Waals surface area (Å²) in [4.78, 5) is 4.33. The number of nitrogens with zero attached hydrogens (tertiary/aromatic N) is 2. The van der Waals surface area contributed by atoms with Gasteiger partial charge < -0.3 is 5.32 Å². The van der Waals surface area contributed by atoms with Crippen molar-refractivity contribution < 1.29 is 0 Å². The smallest absolute Gasteiger partial charge is 0.101 e. The molecule has 0 amide bonds. The van der Waals surface area contributed by atoms with Gasteiger partial charge in [-0.15, -0.1) is 0 Å². The molecule has 2 atom stereocenters. The van der Waals surface area contributed by atoms with Gasteiger partial charge in [-0.05, 0) is 55.3 Å². The molecule has 0 radical (unpaired) electrons. The summed E-state index contributed by atoms with van der Waals surface area (Å²) in [7, 11) is 0. The van der Waals surface area contributed by atoms with Crippen LogP contribution in [0.5, 0.6) is 0 Å². The molecule has 1 aliphatic heterocycles. The highest BCUT2D eigenvalue weighted by molar-refractivity contribution is 5.67. The van der Waals surface area contributed by atoms with Crippen LogP contribution in [0.1, 0.15) is 29.7 Å². The Morgan fingerprint density at radius 2 is 2.33 bits per heavy atom. The zero-order chi connectivity index (χ0) is 12.5. The van der Waals surface area contributed by atoms with Crippen molar-refractivity contribution in [1.82, 2.24) is 10.3 Å². The average Bonchev–Trinajstić information content (AvgIpc) is 2.86. The molecule has 18 heavy (non-hydrogen) atoms. The third kappa shape index (κ3) is 1.93. The van der Waals surface area contributed by atoms with Crippen LogP contribution in [0.3, 0.4) is 0 Å². The molecular weight excluding hydrogens is 222 g/mol. The molecule has 0 saturated carbocycles. The summed E-state index contributed by atoms with van der Waals surface area (Å²) in [6, 6.07) is 4.20. The number of pyridine rings is 1. The van der Waals surface area contributed by atoms with Gasteiger partial charge in [-0.25, -0.2) is 0 Å². The van der Waals surface area contributed by atoms with Crippen LogP contribution >= 0.6 is 0 Å². The number of rotatable bonds is 1. The van der Waals surface area contributed by atoms with Gasteiger partial charge in [-0.2, -0.15) is 5.26 Å². The molecule has 2 heterocycles. The van der Waals surface area contributed by atoms with E-state index in [1.807, 2.05) is 19.2 Å². The van der Waals surface area contributed by atoms with Crippen LogP contribution < -0.4 is 5.32 Å². The first-order chi connectivity index (χ1) is 8.78. The van der Waals surface area contributed by atoms with Crippen LogP contribution in [0, 0.1) is 30.1 Å². The maximum Gasteiger partial charge on any atom is 0.101 e. The van der Waals surface area contributed by atoms with Crippen LogP contribution in [0.2, 0.25) is 0 Å². The lowest BCUT2D eigenvalue weighted by Crippen LogP contribution is -2.15. The molecule has 1 fully saturated rings. The lowest BCUT2D eigenvalue weighted by Gasteiger charge is -2.23. The summed E-state index contributed by atoms with van der Waals surface area (Å²) in [6.45, 7) is 4.14. The average molecular weight is 239 g/mol. The van der Waals surface area contributed by atoms with Crippen LogP contribution in [-0.2, 0) is 0 Å². The first kappa shape index (κ1) is 11.4. The van der Waals surface area contributed by atoms with Gasteiger partial charge >= 0.3 is 0 Å². The molecule has 3 rings (SSSR count). The van der Waals surface area contributed by atoms with E-state index in [-0.39, 0.29) is 0 Å². The highest BCUT2D eigenvalue weighted by atomic mass is 14.9. The van der Waals surface area contributed by atoms with E-state index in [1.54, 1.807) is 0 Å². The van der Waals surface area contributed by atoms with Crippen LogP contribution in [0.4, 0.5) is 0 Å². The third-order valence-electron chi connectivity index (χ3n) is 4.17.